The number of rotatable bonds is 3. The van der Waals surface area contributed by atoms with Crippen molar-refractivity contribution in [3.8, 4) is 17.2 Å². The molecule has 166 valence electrons. The van der Waals surface area contributed by atoms with E-state index in [0.29, 0.717) is 16.6 Å². The molecule has 9 nitrogen and oxygen atoms in total. The van der Waals surface area contributed by atoms with E-state index in [1.54, 1.807) is 18.2 Å². The second-order valence-electron chi connectivity index (χ2n) is 7.35. The number of anilines is 1. The normalized spacial score (nSPS) is 15.2. The average molecular weight is 498 g/mol. The van der Waals surface area contributed by atoms with E-state index < -0.39 is 19.9 Å². The minimum atomic E-state index is -4.04. The smallest absolute Gasteiger partial charge is 0.264 e. The Labute approximate surface area is 194 Å². The number of sulfonamides is 1. The van der Waals surface area contributed by atoms with Crippen molar-refractivity contribution in [2.24, 2.45) is 0 Å². The van der Waals surface area contributed by atoms with Gasteiger partial charge < -0.3 is 0 Å². The Hall–Kier alpha value is -3.40. The van der Waals surface area contributed by atoms with Crippen molar-refractivity contribution in [2.45, 2.75) is 16.7 Å². The topological polar surface area (TPSA) is 134 Å². The summed E-state index contributed by atoms with van der Waals surface area (Å²) in [5.74, 6) is -0.322. The Kier molecular flexibility index (Phi) is 4.93. The molecule has 33 heavy (non-hydrogen) atoms. The van der Waals surface area contributed by atoms with Gasteiger partial charge in [-0.15, -0.1) is 11.3 Å². The number of benzene rings is 2. The van der Waals surface area contributed by atoms with Gasteiger partial charge in [0.1, 0.15) is 6.07 Å². The zero-order chi connectivity index (χ0) is 23.4. The maximum Gasteiger partial charge on any atom is 0.264 e. The summed E-state index contributed by atoms with van der Waals surface area (Å²) < 4.78 is 54.5. The summed E-state index contributed by atoms with van der Waals surface area (Å²) in [6.45, 7) is 1.64. The van der Waals surface area contributed by atoms with Crippen molar-refractivity contribution in [3.05, 3.63) is 59.6 Å². The van der Waals surface area contributed by atoms with E-state index in [-0.39, 0.29) is 33.6 Å². The predicted molar refractivity (Wildman–Crippen MR) is 123 cm³/mol. The van der Waals surface area contributed by atoms with Crippen molar-refractivity contribution in [1.29, 1.82) is 5.26 Å². The van der Waals surface area contributed by atoms with Crippen molar-refractivity contribution < 1.29 is 16.8 Å². The first kappa shape index (κ1) is 21.4. The van der Waals surface area contributed by atoms with Crippen molar-refractivity contribution >= 4 is 47.1 Å². The Balaban J connectivity index is 1.65. The monoisotopic (exact) mass is 497 g/mol. The van der Waals surface area contributed by atoms with Gasteiger partial charge in [-0.2, -0.15) is 5.26 Å². The van der Waals surface area contributed by atoms with Gasteiger partial charge in [0.05, 0.1) is 36.5 Å². The minimum absolute atomic E-state index is 0.00260. The maximum atomic E-state index is 13.6. The van der Waals surface area contributed by atoms with Crippen LogP contribution in [0.5, 0.6) is 0 Å². The van der Waals surface area contributed by atoms with Gasteiger partial charge in [0.25, 0.3) is 10.0 Å². The van der Waals surface area contributed by atoms with Crippen LogP contribution in [0.1, 0.15) is 10.8 Å². The van der Waals surface area contributed by atoms with Crippen LogP contribution < -0.4 is 4.31 Å². The van der Waals surface area contributed by atoms with Crippen molar-refractivity contribution in [2.75, 3.05) is 16.6 Å². The van der Waals surface area contributed by atoms with Crippen molar-refractivity contribution in [3.63, 3.8) is 0 Å². The van der Waals surface area contributed by atoms with Crippen LogP contribution in [0.3, 0.4) is 0 Å². The van der Waals surface area contributed by atoms with Crippen LogP contribution in [0.15, 0.2) is 58.6 Å². The molecule has 12 heteroatoms. The van der Waals surface area contributed by atoms with Gasteiger partial charge in [0, 0.05) is 24.5 Å². The van der Waals surface area contributed by atoms with E-state index in [2.05, 4.69) is 15.0 Å². The third-order valence-corrected chi connectivity index (χ3v) is 9.74. The van der Waals surface area contributed by atoms with E-state index >= 15 is 0 Å². The highest BCUT2D eigenvalue weighted by Gasteiger charge is 2.36. The standard InChI is InChI=1S/C21H15N5O4S3/c1-13-25-17-4-3-16(9-19(17)31-13)33(29,30)26-6-7-32(27,28)20-5-2-14(8-18(20)26)15-11-23-21(10-22)24-12-15/h2-5,8-9,11-12H,6-7H2,1H3. The second-order valence-corrected chi connectivity index (χ2v) is 12.5. The minimum Gasteiger partial charge on any atom is -0.264 e. The number of hydrogen-bond acceptors (Lipinski definition) is 9. The lowest BCUT2D eigenvalue weighted by molar-refractivity contribution is 0.584. The lowest BCUT2D eigenvalue weighted by Gasteiger charge is -2.30. The highest BCUT2D eigenvalue weighted by Crippen LogP contribution is 2.38. The molecule has 2 aromatic heterocycles. The third-order valence-electron chi connectivity index (χ3n) is 5.27. The molecule has 0 fully saturated rings. The summed E-state index contributed by atoms with van der Waals surface area (Å²) in [5.41, 5.74) is 1.84. The van der Waals surface area contributed by atoms with E-state index in [9.17, 15) is 16.8 Å². The summed E-state index contributed by atoms with van der Waals surface area (Å²) in [6.07, 6.45) is 2.87. The lowest BCUT2D eigenvalue weighted by atomic mass is 10.1. The van der Waals surface area contributed by atoms with E-state index in [0.717, 1.165) is 14.0 Å². The molecule has 3 heterocycles. The fourth-order valence-electron chi connectivity index (χ4n) is 3.68. The lowest BCUT2D eigenvalue weighted by Crippen LogP contribution is -2.39. The quantitative estimate of drug-likeness (QED) is 0.422. The Bertz CT molecular complexity index is 1670. The molecule has 0 saturated carbocycles. The van der Waals surface area contributed by atoms with Crippen LogP contribution in [0.2, 0.25) is 0 Å². The molecule has 2 aromatic carbocycles. The molecule has 1 aliphatic rings. The van der Waals surface area contributed by atoms with Gasteiger partial charge in [-0.3, -0.25) is 4.31 Å². The first-order valence-corrected chi connectivity index (χ1v) is 13.6. The molecule has 1 aliphatic heterocycles. The summed E-state index contributed by atoms with van der Waals surface area (Å²) in [7, 11) is -7.69. The number of aryl methyl sites for hydroxylation is 1. The van der Waals surface area contributed by atoms with Gasteiger partial charge in [-0.1, -0.05) is 6.07 Å². The van der Waals surface area contributed by atoms with Gasteiger partial charge in [-0.25, -0.2) is 31.8 Å². The SMILES string of the molecule is Cc1nc2ccc(S(=O)(=O)N3CCS(=O)(=O)c4ccc(-c5cnc(C#N)nc5)cc43)cc2s1. The fraction of sp³-hybridized carbons (Fsp3) is 0.143. The average Bonchev–Trinajstić information content (AvgIpc) is 3.18. The molecule has 0 bridgehead atoms. The van der Waals surface area contributed by atoms with Gasteiger partial charge in [0.2, 0.25) is 5.82 Å². The summed E-state index contributed by atoms with van der Waals surface area (Å²) >= 11 is 1.39. The van der Waals surface area contributed by atoms with Gasteiger partial charge in [0.15, 0.2) is 9.84 Å². The zero-order valence-electron chi connectivity index (χ0n) is 17.1. The highest BCUT2D eigenvalue weighted by atomic mass is 32.2. The van der Waals surface area contributed by atoms with E-state index in [4.69, 9.17) is 5.26 Å². The van der Waals surface area contributed by atoms with Gasteiger partial charge >= 0.3 is 0 Å². The fourth-order valence-corrected chi connectivity index (χ4v) is 7.70. The number of nitrogens with zero attached hydrogens (tertiary/aromatic N) is 5. The van der Waals surface area contributed by atoms with Crippen LogP contribution in [0.25, 0.3) is 21.3 Å². The summed E-state index contributed by atoms with van der Waals surface area (Å²) in [4.78, 5) is 12.2. The molecular weight excluding hydrogens is 482 g/mol. The number of hydrogen-bond donors (Lipinski definition) is 0. The van der Waals surface area contributed by atoms with Gasteiger partial charge in [-0.05, 0) is 42.8 Å². The number of thiazole rings is 1. The van der Waals surface area contributed by atoms with E-state index in [1.807, 2.05) is 13.0 Å². The number of aromatic nitrogens is 3. The Morgan fingerprint density at radius 2 is 1.85 bits per heavy atom. The van der Waals surface area contributed by atoms with Crippen LogP contribution >= 0.6 is 11.3 Å². The van der Waals surface area contributed by atoms with Crippen molar-refractivity contribution in [1.82, 2.24) is 15.0 Å². The molecule has 0 N–H and O–H groups in total. The molecule has 0 saturated heterocycles. The maximum absolute atomic E-state index is 13.6. The number of fused-ring (bicyclic) bond motifs is 2. The van der Waals surface area contributed by atoms with Crippen LogP contribution in [-0.4, -0.2) is 44.1 Å². The third kappa shape index (κ3) is 3.64. The first-order valence-electron chi connectivity index (χ1n) is 9.68. The largest absolute Gasteiger partial charge is 0.264 e. The molecule has 0 atom stereocenters. The first-order chi connectivity index (χ1) is 15.7. The van der Waals surface area contributed by atoms with Crippen LogP contribution in [0.4, 0.5) is 5.69 Å². The second kappa shape index (κ2) is 7.58. The summed E-state index contributed by atoms with van der Waals surface area (Å²) in [6, 6.07) is 11.0. The molecular formula is C21H15N5O4S3. The molecule has 4 aromatic rings. The molecule has 0 aliphatic carbocycles. The molecule has 0 spiro atoms. The van der Waals surface area contributed by atoms with E-state index in [1.165, 1.54) is 41.9 Å². The van der Waals surface area contributed by atoms with Crippen LogP contribution in [-0.2, 0) is 19.9 Å². The van der Waals surface area contributed by atoms with Crippen LogP contribution in [0, 0.1) is 18.3 Å². The predicted octanol–water partition coefficient (Wildman–Crippen LogP) is 2.92. The molecule has 5 rings (SSSR count). The Morgan fingerprint density at radius 1 is 1.09 bits per heavy atom. The summed E-state index contributed by atoms with van der Waals surface area (Å²) in [5, 5.41) is 9.72. The molecule has 0 amide bonds. The highest BCUT2D eigenvalue weighted by molar-refractivity contribution is 7.94. The Morgan fingerprint density at radius 3 is 2.58 bits per heavy atom. The number of nitriles is 1. The number of sulfone groups is 1. The molecule has 0 radical (unpaired) electrons. The zero-order valence-corrected chi connectivity index (χ0v) is 19.6. The molecule has 0 unspecified atom stereocenters.